The highest BCUT2D eigenvalue weighted by atomic mass is 35.5. The molecular weight excluding hydrogens is 397 g/mol. The first-order chi connectivity index (χ1) is 10.5. The van der Waals surface area contributed by atoms with Crippen LogP contribution in [0.1, 0.15) is 12.5 Å². The van der Waals surface area contributed by atoms with E-state index in [4.69, 9.17) is 0 Å². The van der Waals surface area contributed by atoms with Crippen LogP contribution in [0.5, 0.6) is 0 Å². The van der Waals surface area contributed by atoms with Crippen molar-refractivity contribution in [2.45, 2.75) is 30.9 Å². The smallest absolute Gasteiger partial charge is 0.369 e. The zero-order valence-corrected chi connectivity index (χ0v) is 14.6. The van der Waals surface area contributed by atoms with Crippen LogP contribution in [-0.2, 0) is 5.60 Å². The molecule has 1 aliphatic rings. The Balaban J connectivity index is 0.00000288. The fourth-order valence-corrected chi connectivity index (χ4v) is 2.61. The molecule has 25 heavy (non-hydrogen) atoms. The highest BCUT2D eigenvalue weighted by Gasteiger charge is 2.71. The highest BCUT2D eigenvalue weighted by Crippen LogP contribution is 2.50. The first kappa shape index (κ1) is 24.1. The van der Waals surface area contributed by atoms with Crippen LogP contribution >= 0.6 is 24.8 Å². The van der Waals surface area contributed by atoms with Gasteiger partial charge in [-0.2, -0.15) is 26.3 Å². The standard InChI is InChI=1S/C14H16F6N2O.2ClH/c1-9-8-21-6-7-22(9)11-4-2-10(3-5-11)12(23,13(15,16)17)14(18,19)20;;/h2-5,9,21,23H,6-8H2,1H3;2*1H. The maximum Gasteiger partial charge on any atom is 0.430 e. The van der Waals surface area contributed by atoms with Crippen LogP contribution in [0.3, 0.4) is 0 Å². The highest BCUT2D eigenvalue weighted by molar-refractivity contribution is 5.85. The second-order valence-corrected chi connectivity index (χ2v) is 5.50. The molecule has 1 fully saturated rings. The van der Waals surface area contributed by atoms with Gasteiger partial charge in [-0.1, -0.05) is 12.1 Å². The molecule has 1 aromatic rings. The molecule has 11 heteroatoms. The molecule has 0 saturated carbocycles. The number of alkyl halides is 6. The van der Waals surface area contributed by atoms with E-state index >= 15 is 0 Å². The predicted molar refractivity (Wildman–Crippen MR) is 86.6 cm³/mol. The van der Waals surface area contributed by atoms with Crippen LogP contribution in [0.25, 0.3) is 0 Å². The summed E-state index contributed by atoms with van der Waals surface area (Å²) in [5.41, 5.74) is -5.62. The van der Waals surface area contributed by atoms with Crippen LogP contribution in [0, 0.1) is 0 Å². The molecular formula is C14H18Cl2F6N2O. The van der Waals surface area contributed by atoms with E-state index in [2.05, 4.69) is 5.32 Å². The molecule has 0 aromatic heterocycles. The van der Waals surface area contributed by atoms with Crippen LogP contribution in [-0.4, -0.2) is 43.1 Å². The molecule has 1 atom stereocenters. The van der Waals surface area contributed by atoms with Gasteiger partial charge < -0.3 is 15.3 Å². The molecule has 0 spiro atoms. The topological polar surface area (TPSA) is 35.5 Å². The minimum absolute atomic E-state index is 0. The molecule has 1 aliphatic heterocycles. The summed E-state index contributed by atoms with van der Waals surface area (Å²) < 4.78 is 76.9. The zero-order valence-electron chi connectivity index (χ0n) is 13.0. The summed E-state index contributed by atoms with van der Waals surface area (Å²) in [5, 5.41) is 12.5. The largest absolute Gasteiger partial charge is 0.430 e. The lowest BCUT2D eigenvalue weighted by Gasteiger charge is -2.37. The zero-order chi connectivity index (χ0) is 17.5. The normalized spacial score (nSPS) is 19.0. The number of hydrogen-bond acceptors (Lipinski definition) is 3. The number of anilines is 1. The van der Waals surface area contributed by atoms with E-state index in [1.165, 1.54) is 12.1 Å². The summed E-state index contributed by atoms with van der Waals surface area (Å²) in [6, 6.07) is 3.73. The van der Waals surface area contributed by atoms with Gasteiger partial charge in [0.25, 0.3) is 5.60 Å². The van der Waals surface area contributed by atoms with Gasteiger partial charge in [-0.15, -0.1) is 24.8 Å². The van der Waals surface area contributed by atoms with Crippen LogP contribution in [0.15, 0.2) is 24.3 Å². The van der Waals surface area contributed by atoms with E-state index in [0.29, 0.717) is 37.5 Å². The Bertz CT molecular complexity index is 536. The monoisotopic (exact) mass is 414 g/mol. The maximum absolute atomic E-state index is 12.8. The van der Waals surface area contributed by atoms with E-state index in [9.17, 15) is 31.4 Å². The summed E-state index contributed by atoms with van der Waals surface area (Å²) >= 11 is 0. The number of benzene rings is 1. The van der Waals surface area contributed by atoms with Gasteiger partial charge in [0.1, 0.15) is 0 Å². The van der Waals surface area contributed by atoms with Gasteiger partial charge in [-0.25, -0.2) is 0 Å². The van der Waals surface area contributed by atoms with Crippen LogP contribution in [0.2, 0.25) is 0 Å². The summed E-state index contributed by atoms with van der Waals surface area (Å²) in [4.78, 5) is 1.88. The Hall–Kier alpha value is -0.900. The average molecular weight is 415 g/mol. The Kier molecular flexibility index (Phi) is 7.90. The van der Waals surface area contributed by atoms with Gasteiger partial charge in [-0.3, -0.25) is 0 Å². The number of halogens is 8. The van der Waals surface area contributed by atoms with Crippen molar-refractivity contribution in [3.8, 4) is 0 Å². The lowest BCUT2D eigenvalue weighted by molar-refractivity contribution is -0.376. The molecule has 1 aromatic carbocycles. The van der Waals surface area contributed by atoms with Crippen LogP contribution in [0.4, 0.5) is 32.0 Å². The van der Waals surface area contributed by atoms with E-state index in [1.54, 1.807) is 0 Å². The van der Waals surface area contributed by atoms with Crippen molar-refractivity contribution in [2.75, 3.05) is 24.5 Å². The van der Waals surface area contributed by atoms with Crippen LogP contribution < -0.4 is 10.2 Å². The molecule has 0 bridgehead atoms. The molecule has 1 unspecified atom stereocenters. The molecule has 0 radical (unpaired) electrons. The SMILES string of the molecule is CC1CNCCN1c1ccc(C(O)(C(F)(F)F)C(F)(F)F)cc1.Cl.Cl. The van der Waals surface area contributed by atoms with Gasteiger partial charge in [0, 0.05) is 36.9 Å². The van der Waals surface area contributed by atoms with E-state index in [-0.39, 0.29) is 30.9 Å². The summed E-state index contributed by atoms with van der Waals surface area (Å²) in [6.45, 7) is 3.81. The molecule has 0 amide bonds. The van der Waals surface area contributed by atoms with Crippen molar-refractivity contribution >= 4 is 30.5 Å². The van der Waals surface area contributed by atoms with Gasteiger partial charge in [0.15, 0.2) is 0 Å². The summed E-state index contributed by atoms with van der Waals surface area (Å²) in [5.74, 6) is 0. The van der Waals surface area contributed by atoms with Crippen molar-refractivity contribution in [1.82, 2.24) is 5.32 Å². The number of nitrogens with zero attached hydrogens (tertiary/aromatic N) is 1. The molecule has 3 nitrogen and oxygen atoms in total. The lowest BCUT2D eigenvalue weighted by Crippen LogP contribution is -2.54. The number of piperazine rings is 1. The van der Waals surface area contributed by atoms with E-state index in [0.717, 1.165) is 0 Å². The Morgan fingerprint density at radius 3 is 1.88 bits per heavy atom. The van der Waals surface area contributed by atoms with Crippen molar-refractivity contribution in [1.29, 1.82) is 0 Å². The minimum atomic E-state index is -5.87. The third-order valence-corrected chi connectivity index (χ3v) is 3.94. The molecule has 1 heterocycles. The van der Waals surface area contributed by atoms with Gasteiger partial charge in [0.05, 0.1) is 0 Å². The number of hydrogen-bond donors (Lipinski definition) is 2. The van der Waals surface area contributed by atoms with Gasteiger partial charge >= 0.3 is 12.4 Å². The third kappa shape index (κ3) is 4.45. The maximum atomic E-state index is 12.8. The molecule has 0 aliphatic carbocycles. The Morgan fingerprint density at radius 1 is 1.00 bits per heavy atom. The third-order valence-electron chi connectivity index (χ3n) is 3.94. The summed E-state index contributed by atoms with van der Waals surface area (Å²) in [7, 11) is 0. The fraction of sp³-hybridized carbons (Fsp3) is 0.571. The first-order valence-corrected chi connectivity index (χ1v) is 6.92. The average Bonchev–Trinajstić information content (AvgIpc) is 2.45. The van der Waals surface area contributed by atoms with E-state index < -0.39 is 23.5 Å². The predicted octanol–water partition coefficient (Wildman–Crippen LogP) is 3.64. The second kappa shape index (κ2) is 8.20. The second-order valence-electron chi connectivity index (χ2n) is 5.50. The van der Waals surface area contributed by atoms with Gasteiger partial charge in [0.2, 0.25) is 0 Å². The lowest BCUT2D eigenvalue weighted by atomic mass is 9.92. The van der Waals surface area contributed by atoms with Crippen molar-refractivity contribution in [3.05, 3.63) is 29.8 Å². The van der Waals surface area contributed by atoms with Crippen molar-refractivity contribution in [3.63, 3.8) is 0 Å². The fourth-order valence-electron chi connectivity index (χ4n) is 2.61. The quantitative estimate of drug-likeness (QED) is 0.725. The number of rotatable bonds is 2. The first-order valence-electron chi connectivity index (χ1n) is 6.92. The molecule has 2 rings (SSSR count). The van der Waals surface area contributed by atoms with Gasteiger partial charge in [-0.05, 0) is 19.1 Å². The Morgan fingerprint density at radius 2 is 1.48 bits per heavy atom. The Labute approximate surface area is 153 Å². The van der Waals surface area contributed by atoms with Crippen molar-refractivity contribution < 1.29 is 31.4 Å². The minimum Gasteiger partial charge on any atom is -0.369 e. The molecule has 2 N–H and O–H groups in total. The number of nitrogens with one attached hydrogen (secondary N) is 1. The van der Waals surface area contributed by atoms with Crippen molar-refractivity contribution in [2.24, 2.45) is 0 Å². The molecule has 1 saturated heterocycles. The number of aliphatic hydroxyl groups is 1. The summed E-state index contributed by atoms with van der Waals surface area (Å²) in [6.07, 6.45) is -11.7. The molecule has 146 valence electrons. The van der Waals surface area contributed by atoms with E-state index in [1.807, 2.05) is 11.8 Å².